The van der Waals surface area contributed by atoms with Crippen molar-refractivity contribution in [2.45, 2.75) is 124 Å². The van der Waals surface area contributed by atoms with Crippen LogP contribution >= 0.6 is 27.0 Å². The molecule has 0 saturated carbocycles. The van der Waals surface area contributed by atoms with Crippen molar-refractivity contribution >= 4 is 51.4 Å². The van der Waals surface area contributed by atoms with Crippen LogP contribution in [0.5, 0.6) is 0 Å². The van der Waals surface area contributed by atoms with Crippen molar-refractivity contribution in [3.05, 3.63) is 0 Å². The van der Waals surface area contributed by atoms with E-state index in [4.69, 9.17) is 14.2 Å². The van der Waals surface area contributed by atoms with Crippen LogP contribution in [-0.2, 0) is 23.8 Å². The maximum atomic E-state index is 12.0. The maximum absolute atomic E-state index is 12.0. The first kappa shape index (κ1) is 43.8. The molecule has 12 heteroatoms. The number of ether oxygens (including phenoxy) is 3. The third kappa shape index (κ3) is 18.5. The van der Waals surface area contributed by atoms with Crippen LogP contribution in [0, 0.1) is 0 Å². The minimum absolute atomic E-state index is 0. The third-order valence-electron chi connectivity index (χ3n) is 6.11. The monoisotopic (exact) mass is 625 g/mol. The van der Waals surface area contributed by atoms with Gasteiger partial charge in [0.1, 0.15) is 17.5 Å². The topological polar surface area (TPSA) is 106 Å². The first-order valence-electron chi connectivity index (χ1n) is 13.9. The zero-order chi connectivity index (χ0) is 28.9. The van der Waals surface area contributed by atoms with Crippen LogP contribution in [0.15, 0.2) is 0 Å². The van der Waals surface area contributed by atoms with Crippen molar-refractivity contribution in [3.63, 3.8) is 0 Å². The van der Waals surface area contributed by atoms with Crippen molar-refractivity contribution in [2.24, 2.45) is 0 Å². The van der Waals surface area contributed by atoms with E-state index in [-0.39, 0.29) is 64.6 Å². The molecule has 3 amide bonds. The Labute approximate surface area is 263 Å². The SMILES string of the molecule is C.C1CCOC1.CC(C)(C)OC(=O)N1CCC[C@H]1CC=O.CN(C)C(=O)C[C@@H]1CCCN1C(=O)OC(C)(C)C.S.S. The van der Waals surface area contributed by atoms with Crippen molar-refractivity contribution in [1.29, 1.82) is 0 Å². The molecule has 0 N–H and O–H groups in total. The van der Waals surface area contributed by atoms with Gasteiger partial charge in [0, 0.05) is 65.3 Å². The van der Waals surface area contributed by atoms with Crippen molar-refractivity contribution < 1.29 is 33.4 Å². The molecule has 3 fully saturated rings. The Balaban J connectivity index is -0.000000569. The number of aldehydes is 1. The van der Waals surface area contributed by atoms with E-state index in [9.17, 15) is 19.2 Å². The number of hydrogen-bond donors (Lipinski definition) is 0. The minimum Gasteiger partial charge on any atom is -0.444 e. The first-order chi connectivity index (χ1) is 17.6. The molecule has 0 aliphatic carbocycles. The van der Waals surface area contributed by atoms with Crippen LogP contribution in [0.1, 0.15) is 100 Å². The molecule has 2 atom stereocenters. The van der Waals surface area contributed by atoms with E-state index in [1.807, 2.05) is 41.5 Å². The van der Waals surface area contributed by atoms with E-state index < -0.39 is 11.2 Å². The fourth-order valence-electron chi connectivity index (χ4n) is 4.26. The lowest BCUT2D eigenvalue weighted by Gasteiger charge is -2.28. The molecule has 0 aromatic heterocycles. The summed E-state index contributed by atoms with van der Waals surface area (Å²) in [4.78, 5) is 50.8. The fraction of sp³-hybridized carbons (Fsp3) is 0.862. The number of nitrogens with zero attached hydrogens (tertiary/aromatic N) is 3. The molecule has 0 aromatic carbocycles. The van der Waals surface area contributed by atoms with Gasteiger partial charge < -0.3 is 33.7 Å². The highest BCUT2D eigenvalue weighted by Gasteiger charge is 2.34. The zero-order valence-electron chi connectivity index (χ0n) is 25.9. The molecule has 3 aliphatic rings. The summed E-state index contributed by atoms with van der Waals surface area (Å²) in [5.74, 6) is 0.0514. The summed E-state index contributed by atoms with van der Waals surface area (Å²) in [5.41, 5.74) is -0.957. The molecule has 10 nitrogen and oxygen atoms in total. The molecule has 3 aliphatic heterocycles. The van der Waals surface area contributed by atoms with E-state index in [1.165, 1.54) is 12.8 Å². The average Bonchev–Trinajstić information content (AvgIpc) is 3.55. The summed E-state index contributed by atoms with van der Waals surface area (Å²) < 4.78 is 15.6. The number of likely N-dealkylation sites (tertiary alicyclic amines) is 2. The summed E-state index contributed by atoms with van der Waals surface area (Å²) >= 11 is 0. The second kappa shape index (κ2) is 21.1. The van der Waals surface area contributed by atoms with Gasteiger partial charge in [-0.2, -0.15) is 27.0 Å². The molecule has 3 saturated heterocycles. The number of carbonyl (C=O) groups excluding carboxylic acids is 4. The highest BCUT2D eigenvalue weighted by Crippen LogP contribution is 2.24. The van der Waals surface area contributed by atoms with Gasteiger partial charge in [0.05, 0.1) is 0 Å². The Kier molecular flexibility index (Phi) is 22.5. The highest BCUT2D eigenvalue weighted by atomic mass is 32.1. The molecule has 0 aromatic rings. The minimum atomic E-state index is -0.490. The van der Waals surface area contributed by atoms with E-state index >= 15 is 0 Å². The van der Waals surface area contributed by atoms with Gasteiger partial charge in [-0.1, -0.05) is 7.43 Å². The lowest BCUT2D eigenvalue weighted by molar-refractivity contribution is -0.129. The second-order valence-corrected chi connectivity index (χ2v) is 12.2. The highest BCUT2D eigenvalue weighted by molar-refractivity contribution is 7.59. The quantitative estimate of drug-likeness (QED) is 0.380. The lowest BCUT2D eigenvalue weighted by atomic mass is 10.1. The summed E-state index contributed by atoms with van der Waals surface area (Å²) in [6.45, 7) is 14.5. The van der Waals surface area contributed by atoms with Crippen molar-refractivity contribution in [2.75, 3.05) is 40.4 Å². The summed E-state index contributed by atoms with van der Waals surface area (Å²) in [6, 6.07) is 0.0205. The molecule has 244 valence electrons. The molecular weight excluding hydrogens is 566 g/mol. The summed E-state index contributed by atoms with van der Waals surface area (Å²) in [6.07, 6.45) is 7.28. The number of carbonyl (C=O) groups is 4. The Morgan fingerprint density at radius 1 is 0.805 bits per heavy atom. The Morgan fingerprint density at radius 2 is 1.22 bits per heavy atom. The van der Waals surface area contributed by atoms with Gasteiger partial charge in [0.2, 0.25) is 5.91 Å². The summed E-state index contributed by atoms with van der Waals surface area (Å²) in [7, 11) is 3.46. The Morgan fingerprint density at radius 3 is 1.56 bits per heavy atom. The van der Waals surface area contributed by atoms with E-state index in [0.29, 0.717) is 25.9 Å². The molecule has 0 spiro atoms. The zero-order valence-corrected chi connectivity index (χ0v) is 27.9. The van der Waals surface area contributed by atoms with Gasteiger partial charge in [-0.15, -0.1) is 0 Å². The third-order valence-corrected chi connectivity index (χ3v) is 6.11. The van der Waals surface area contributed by atoms with Crippen molar-refractivity contribution in [1.82, 2.24) is 14.7 Å². The van der Waals surface area contributed by atoms with Gasteiger partial charge >= 0.3 is 12.2 Å². The molecule has 0 unspecified atom stereocenters. The largest absolute Gasteiger partial charge is 0.444 e. The number of hydrogen-bond acceptors (Lipinski definition) is 7. The van der Waals surface area contributed by atoms with Gasteiger partial charge in [0.25, 0.3) is 0 Å². The van der Waals surface area contributed by atoms with Crippen molar-refractivity contribution in [3.8, 4) is 0 Å². The molecular formula is C29H59N3O7S2. The number of amides is 3. The maximum Gasteiger partial charge on any atom is 0.410 e. The van der Waals surface area contributed by atoms with E-state index in [2.05, 4.69) is 0 Å². The lowest BCUT2D eigenvalue weighted by Crippen LogP contribution is -2.41. The van der Waals surface area contributed by atoms with Gasteiger partial charge in [-0.25, -0.2) is 9.59 Å². The van der Waals surface area contributed by atoms with Crippen LogP contribution in [-0.4, -0.2) is 103 Å². The van der Waals surface area contributed by atoms with Gasteiger partial charge in [-0.3, -0.25) is 4.79 Å². The molecule has 3 heterocycles. The Hall–Kier alpha value is -1.66. The molecule has 0 radical (unpaired) electrons. The van der Waals surface area contributed by atoms with Gasteiger partial charge in [0.15, 0.2) is 0 Å². The predicted octanol–water partition coefficient (Wildman–Crippen LogP) is 5.50. The molecule has 41 heavy (non-hydrogen) atoms. The van der Waals surface area contributed by atoms with Gasteiger partial charge in [-0.05, 0) is 80.1 Å². The van der Waals surface area contributed by atoms with E-state index in [1.54, 1.807) is 28.8 Å². The average molecular weight is 626 g/mol. The summed E-state index contributed by atoms with van der Waals surface area (Å²) in [5, 5.41) is 0. The van der Waals surface area contributed by atoms with Crippen LogP contribution in [0.2, 0.25) is 0 Å². The van der Waals surface area contributed by atoms with Crippen LogP contribution in [0.4, 0.5) is 9.59 Å². The first-order valence-corrected chi connectivity index (χ1v) is 13.9. The smallest absolute Gasteiger partial charge is 0.410 e. The predicted molar refractivity (Wildman–Crippen MR) is 173 cm³/mol. The molecule has 0 bridgehead atoms. The van der Waals surface area contributed by atoms with Crippen LogP contribution in [0.25, 0.3) is 0 Å². The van der Waals surface area contributed by atoms with Crippen LogP contribution < -0.4 is 0 Å². The normalized spacial score (nSPS) is 19.5. The standard InChI is InChI=1S/C13H24N2O3.C11H19NO3.C4H8O.CH4.2H2S/c1-13(2,3)18-12(17)15-8-6-7-10(15)9-11(16)14(4)5;1-11(2,3)15-10(14)12-7-4-5-9(12)6-8-13;1-2-4-5-3-1;;;/h10H,6-9H2,1-5H3;8-9H,4-7H2,1-3H3;1-4H2;1H4;2*1H2/t10-;9-;;;;/m00..../s1. The number of rotatable bonds is 4. The Bertz CT molecular complexity index is 759. The van der Waals surface area contributed by atoms with Crippen LogP contribution in [0.3, 0.4) is 0 Å². The fourth-order valence-corrected chi connectivity index (χ4v) is 4.26. The second-order valence-electron chi connectivity index (χ2n) is 12.2. The van der Waals surface area contributed by atoms with E-state index in [0.717, 1.165) is 45.2 Å². The molecule has 3 rings (SSSR count).